The molecule has 0 aliphatic heterocycles. The van der Waals surface area contributed by atoms with E-state index in [1.807, 2.05) is 6.07 Å². The number of carbonyl (C=O) groups is 1. The van der Waals surface area contributed by atoms with Crippen molar-refractivity contribution in [2.24, 2.45) is 0 Å². The topological polar surface area (TPSA) is 62.3 Å². The number of aromatic amines is 1. The number of aromatic nitrogens is 1. The Morgan fingerprint density at radius 1 is 1.50 bits per heavy atom. The van der Waals surface area contributed by atoms with Crippen molar-refractivity contribution in [3.63, 3.8) is 0 Å². The highest BCUT2D eigenvalue weighted by Crippen LogP contribution is 2.21. The molecule has 0 spiro atoms. The SMILES string of the molecule is COC(=O)[CH]Cc1cc2cc(O)ccc2[nH]1. The fourth-order valence-electron chi connectivity index (χ4n) is 1.57. The zero-order valence-electron chi connectivity index (χ0n) is 8.86. The largest absolute Gasteiger partial charge is 0.508 e. The molecule has 0 atom stereocenters. The maximum atomic E-state index is 10.9. The van der Waals surface area contributed by atoms with Crippen molar-refractivity contribution < 1.29 is 14.6 Å². The second-order valence-corrected chi connectivity index (χ2v) is 3.50. The Balaban J connectivity index is 2.16. The zero-order chi connectivity index (χ0) is 11.5. The average molecular weight is 218 g/mol. The number of methoxy groups -OCH3 is 1. The minimum Gasteiger partial charge on any atom is -0.508 e. The molecule has 1 heterocycles. The molecule has 0 amide bonds. The number of H-pyrrole nitrogens is 1. The van der Waals surface area contributed by atoms with Crippen LogP contribution in [0.2, 0.25) is 0 Å². The molecule has 0 fully saturated rings. The Kier molecular flexibility index (Phi) is 2.81. The molecule has 0 saturated carbocycles. The van der Waals surface area contributed by atoms with Gasteiger partial charge in [-0.1, -0.05) is 0 Å². The van der Waals surface area contributed by atoms with Gasteiger partial charge >= 0.3 is 5.97 Å². The first kappa shape index (κ1) is 10.5. The molecular formula is C12H12NO3. The summed E-state index contributed by atoms with van der Waals surface area (Å²) in [6, 6.07) is 6.99. The van der Waals surface area contributed by atoms with E-state index in [0.717, 1.165) is 16.6 Å². The van der Waals surface area contributed by atoms with Gasteiger partial charge in [0.05, 0.1) is 13.5 Å². The number of ether oxygens (including phenoxy) is 1. The maximum absolute atomic E-state index is 10.9. The van der Waals surface area contributed by atoms with Gasteiger partial charge in [-0.3, -0.25) is 4.79 Å². The summed E-state index contributed by atoms with van der Waals surface area (Å²) >= 11 is 0. The van der Waals surface area contributed by atoms with E-state index >= 15 is 0 Å². The van der Waals surface area contributed by atoms with E-state index in [4.69, 9.17) is 0 Å². The molecule has 1 aromatic carbocycles. The van der Waals surface area contributed by atoms with Gasteiger partial charge in [0, 0.05) is 23.0 Å². The molecule has 2 rings (SSSR count). The van der Waals surface area contributed by atoms with Crippen LogP contribution < -0.4 is 0 Å². The molecule has 4 heteroatoms. The molecule has 1 aromatic heterocycles. The van der Waals surface area contributed by atoms with Crippen LogP contribution in [0.3, 0.4) is 0 Å². The number of phenolic OH excluding ortho intramolecular Hbond substituents is 1. The molecule has 0 saturated heterocycles. The summed E-state index contributed by atoms with van der Waals surface area (Å²) in [6.07, 6.45) is 1.95. The van der Waals surface area contributed by atoms with Crippen molar-refractivity contribution in [2.45, 2.75) is 6.42 Å². The number of fused-ring (bicyclic) bond motifs is 1. The Morgan fingerprint density at radius 2 is 2.31 bits per heavy atom. The number of hydrogen-bond acceptors (Lipinski definition) is 3. The van der Waals surface area contributed by atoms with E-state index in [0.29, 0.717) is 6.42 Å². The van der Waals surface area contributed by atoms with Gasteiger partial charge in [0.15, 0.2) is 0 Å². The third kappa shape index (κ3) is 2.16. The Labute approximate surface area is 92.9 Å². The number of aromatic hydroxyl groups is 1. The third-order valence-electron chi connectivity index (χ3n) is 2.35. The van der Waals surface area contributed by atoms with Crippen LogP contribution in [-0.4, -0.2) is 23.2 Å². The molecular weight excluding hydrogens is 206 g/mol. The molecule has 16 heavy (non-hydrogen) atoms. The van der Waals surface area contributed by atoms with Crippen LogP contribution in [0.25, 0.3) is 10.9 Å². The van der Waals surface area contributed by atoms with E-state index in [1.165, 1.54) is 13.5 Å². The number of carbonyl (C=O) groups excluding carboxylic acids is 1. The summed E-state index contributed by atoms with van der Waals surface area (Å²) in [4.78, 5) is 14.1. The fraction of sp³-hybridized carbons (Fsp3) is 0.167. The first-order chi connectivity index (χ1) is 7.69. The lowest BCUT2D eigenvalue weighted by atomic mass is 10.2. The highest BCUT2D eigenvalue weighted by Gasteiger charge is 2.05. The average Bonchev–Trinajstić information content (AvgIpc) is 2.67. The zero-order valence-corrected chi connectivity index (χ0v) is 8.86. The van der Waals surface area contributed by atoms with Gasteiger partial charge in [0.2, 0.25) is 0 Å². The summed E-state index contributed by atoms with van der Waals surface area (Å²) in [5.41, 5.74) is 1.84. The van der Waals surface area contributed by atoms with Crippen molar-refractivity contribution in [2.75, 3.05) is 7.11 Å². The van der Waals surface area contributed by atoms with Crippen molar-refractivity contribution >= 4 is 16.9 Å². The first-order valence-electron chi connectivity index (χ1n) is 4.91. The third-order valence-corrected chi connectivity index (χ3v) is 2.35. The predicted octanol–water partition coefficient (Wildman–Crippen LogP) is 1.79. The van der Waals surface area contributed by atoms with Crippen molar-refractivity contribution in [3.8, 4) is 5.75 Å². The molecule has 2 aromatic rings. The Morgan fingerprint density at radius 3 is 3.06 bits per heavy atom. The Bertz CT molecular complexity index is 516. The summed E-state index contributed by atoms with van der Waals surface area (Å²) in [7, 11) is 1.35. The number of esters is 1. The molecule has 2 N–H and O–H groups in total. The van der Waals surface area contributed by atoms with E-state index in [9.17, 15) is 9.90 Å². The van der Waals surface area contributed by atoms with Crippen LogP contribution >= 0.6 is 0 Å². The van der Waals surface area contributed by atoms with Gasteiger partial charge in [0.1, 0.15) is 5.75 Å². The van der Waals surface area contributed by atoms with Gasteiger partial charge in [-0.15, -0.1) is 0 Å². The normalized spacial score (nSPS) is 10.6. The number of nitrogens with one attached hydrogen (secondary N) is 1. The van der Waals surface area contributed by atoms with Crippen LogP contribution in [0, 0.1) is 6.42 Å². The molecule has 83 valence electrons. The number of phenols is 1. The quantitative estimate of drug-likeness (QED) is 0.772. The summed E-state index contributed by atoms with van der Waals surface area (Å²) < 4.78 is 4.52. The van der Waals surface area contributed by atoms with Gasteiger partial charge in [-0.05, 0) is 24.3 Å². The summed E-state index contributed by atoms with van der Waals surface area (Å²) in [5.74, 6) is -0.114. The fourth-order valence-corrected chi connectivity index (χ4v) is 1.57. The maximum Gasteiger partial charge on any atom is 0.309 e. The Hall–Kier alpha value is -1.97. The van der Waals surface area contributed by atoms with Crippen LogP contribution in [0.5, 0.6) is 5.75 Å². The van der Waals surface area contributed by atoms with Gasteiger partial charge in [-0.25, -0.2) is 0 Å². The summed E-state index contributed by atoms with van der Waals surface area (Å²) in [5, 5.41) is 10.2. The number of benzene rings is 1. The van der Waals surface area contributed by atoms with E-state index < -0.39 is 0 Å². The van der Waals surface area contributed by atoms with Crippen LogP contribution in [0.15, 0.2) is 24.3 Å². The minimum absolute atomic E-state index is 0.231. The van der Waals surface area contributed by atoms with Gasteiger partial charge in [0.25, 0.3) is 0 Å². The minimum atomic E-state index is -0.346. The van der Waals surface area contributed by atoms with Crippen molar-refractivity contribution in [3.05, 3.63) is 36.4 Å². The highest BCUT2D eigenvalue weighted by atomic mass is 16.5. The molecule has 1 radical (unpaired) electrons. The highest BCUT2D eigenvalue weighted by molar-refractivity contribution is 5.83. The lowest BCUT2D eigenvalue weighted by Gasteiger charge is -1.95. The smallest absolute Gasteiger partial charge is 0.309 e. The van der Waals surface area contributed by atoms with Crippen LogP contribution in [-0.2, 0) is 16.0 Å². The van der Waals surface area contributed by atoms with Crippen molar-refractivity contribution in [1.29, 1.82) is 0 Å². The molecule has 0 aliphatic rings. The standard InChI is InChI=1S/C12H12NO3/c1-16-12(15)5-2-9-6-8-7-10(14)3-4-11(8)13-9/h3-7,13-14H,2H2,1H3. The summed E-state index contributed by atoms with van der Waals surface area (Å²) in [6.45, 7) is 0. The van der Waals surface area contributed by atoms with Crippen LogP contribution in [0.1, 0.15) is 5.69 Å². The van der Waals surface area contributed by atoms with Crippen molar-refractivity contribution in [1.82, 2.24) is 4.98 Å². The van der Waals surface area contributed by atoms with Crippen LogP contribution in [0.4, 0.5) is 0 Å². The van der Waals surface area contributed by atoms with E-state index in [2.05, 4.69) is 9.72 Å². The predicted molar refractivity (Wildman–Crippen MR) is 60.0 cm³/mol. The van der Waals surface area contributed by atoms with Gasteiger partial charge < -0.3 is 14.8 Å². The van der Waals surface area contributed by atoms with E-state index in [-0.39, 0.29) is 11.7 Å². The lowest BCUT2D eigenvalue weighted by molar-refractivity contribution is -0.136. The first-order valence-corrected chi connectivity index (χ1v) is 4.91. The monoisotopic (exact) mass is 218 g/mol. The second kappa shape index (κ2) is 4.26. The second-order valence-electron chi connectivity index (χ2n) is 3.50. The van der Waals surface area contributed by atoms with Gasteiger partial charge in [-0.2, -0.15) is 0 Å². The molecule has 0 bridgehead atoms. The number of rotatable bonds is 3. The molecule has 0 unspecified atom stereocenters. The molecule has 4 nitrogen and oxygen atoms in total. The van der Waals surface area contributed by atoms with E-state index in [1.54, 1.807) is 18.2 Å². The number of hydrogen-bond donors (Lipinski definition) is 2. The lowest BCUT2D eigenvalue weighted by Crippen LogP contribution is -2.02. The molecule has 0 aliphatic carbocycles.